The molecule has 1 saturated carbocycles. The SMILES string of the molecule is Cc1ccc(C(=O)C2(C)CC2)c(C)c1. The Hall–Kier alpha value is -1.11. The zero-order chi connectivity index (χ0) is 10.3. The second-order valence-electron chi connectivity index (χ2n) is 4.71. The molecule has 0 atom stereocenters. The van der Waals surface area contributed by atoms with Gasteiger partial charge in [0.25, 0.3) is 0 Å². The summed E-state index contributed by atoms with van der Waals surface area (Å²) in [6.45, 7) is 6.14. The number of hydrogen-bond acceptors (Lipinski definition) is 1. The summed E-state index contributed by atoms with van der Waals surface area (Å²) in [5.74, 6) is 0.329. The van der Waals surface area contributed by atoms with Gasteiger partial charge in [-0.15, -0.1) is 0 Å². The molecule has 74 valence electrons. The number of ketones is 1. The quantitative estimate of drug-likeness (QED) is 0.651. The van der Waals surface area contributed by atoms with Crippen LogP contribution in [0.3, 0.4) is 0 Å². The molecule has 0 bridgehead atoms. The summed E-state index contributed by atoms with van der Waals surface area (Å²) in [5.41, 5.74) is 3.21. The molecule has 14 heavy (non-hydrogen) atoms. The molecule has 0 amide bonds. The molecule has 0 N–H and O–H groups in total. The van der Waals surface area contributed by atoms with E-state index in [4.69, 9.17) is 0 Å². The maximum absolute atomic E-state index is 12.1. The summed E-state index contributed by atoms with van der Waals surface area (Å²) in [5, 5.41) is 0. The normalized spacial score (nSPS) is 17.9. The van der Waals surface area contributed by atoms with Crippen molar-refractivity contribution in [2.24, 2.45) is 5.41 Å². The Morgan fingerprint density at radius 2 is 1.93 bits per heavy atom. The lowest BCUT2D eigenvalue weighted by Crippen LogP contribution is -2.13. The van der Waals surface area contributed by atoms with E-state index in [2.05, 4.69) is 19.9 Å². The van der Waals surface area contributed by atoms with Gasteiger partial charge >= 0.3 is 0 Å². The monoisotopic (exact) mass is 188 g/mol. The summed E-state index contributed by atoms with van der Waals surface area (Å²) in [6, 6.07) is 6.07. The Kier molecular flexibility index (Phi) is 1.99. The van der Waals surface area contributed by atoms with E-state index >= 15 is 0 Å². The fraction of sp³-hybridized carbons (Fsp3) is 0.462. The summed E-state index contributed by atoms with van der Waals surface area (Å²) in [6.07, 6.45) is 2.11. The molecular formula is C13H16O. The van der Waals surface area contributed by atoms with Crippen LogP contribution in [0.25, 0.3) is 0 Å². The van der Waals surface area contributed by atoms with Crippen LogP contribution in [0.5, 0.6) is 0 Å². The smallest absolute Gasteiger partial charge is 0.168 e. The lowest BCUT2D eigenvalue weighted by molar-refractivity contribution is 0.0912. The van der Waals surface area contributed by atoms with Crippen molar-refractivity contribution in [2.45, 2.75) is 33.6 Å². The van der Waals surface area contributed by atoms with Gasteiger partial charge in [0.2, 0.25) is 0 Å². The van der Waals surface area contributed by atoms with Gasteiger partial charge in [0.1, 0.15) is 0 Å². The third-order valence-electron chi connectivity index (χ3n) is 3.17. The minimum absolute atomic E-state index is 0.0416. The van der Waals surface area contributed by atoms with Crippen LogP contribution in [0.15, 0.2) is 18.2 Å². The Morgan fingerprint density at radius 1 is 1.29 bits per heavy atom. The van der Waals surface area contributed by atoms with Crippen molar-refractivity contribution in [3.63, 3.8) is 0 Å². The number of rotatable bonds is 2. The first-order chi connectivity index (χ1) is 6.53. The molecule has 1 fully saturated rings. The highest BCUT2D eigenvalue weighted by molar-refractivity contribution is 6.03. The van der Waals surface area contributed by atoms with E-state index in [1.165, 1.54) is 5.56 Å². The van der Waals surface area contributed by atoms with E-state index in [0.717, 1.165) is 24.0 Å². The molecule has 1 aromatic carbocycles. The first-order valence-electron chi connectivity index (χ1n) is 5.15. The summed E-state index contributed by atoms with van der Waals surface area (Å²) < 4.78 is 0. The predicted molar refractivity (Wildman–Crippen MR) is 57.6 cm³/mol. The van der Waals surface area contributed by atoms with E-state index in [-0.39, 0.29) is 5.41 Å². The Balaban J connectivity index is 2.37. The van der Waals surface area contributed by atoms with Crippen LogP contribution < -0.4 is 0 Å². The first-order valence-corrected chi connectivity index (χ1v) is 5.15. The summed E-state index contributed by atoms with van der Waals surface area (Å²) in [7, 11) is 0. The van der Waals surface area contributed by atoms with Gasteiger partial charge < -0.3 is 0 Å². The van der Waals surface area contributed by atoms with E-state index in [1.807, 2.05) is 19.1 Å². The molecule has 0 unspecified atom stereocenters. The van der Waals surface area contributed by atoms with Gasteiger partial charge in [-0.05, 0) is 32.3 Å². The van der Waals surface area contributed by atoms with Crippen molar-refractivity contribution in [1.82, 2.24) is 0 Å². The molecule has 1 aliphatic rings. The maximum atomic E-state index is 12.1. The van der Waals surface area contributed by atoms with E-state index < -0.39 is 0 Å². The standard InChI is InChI=1S/C13H16O/c1-9-4-5-11(10(2)8-9)12(14)13(3)6-7-13/h4-5,8H,6-7H2,1-3H3. The first kappa shape index (κ1) is 9.45. The average Bonchev–Trinajstić information content (AvgIpc) is 2.84. The van der Waals surface area contributed by atoms with Crippen molar-refractivity contribution in [3.05, 3.63) is 34.9 Å². The number of benzene rings is 1. The largest absolute Gasteiger partial charge is 0.294 e. The zero-order valence-electron chi connectivity index (χ0n) is 9.05. The number of aryl methyl sites for hydroxylation is 2. The van der Waals surface area contributed by atoms with Crippen LogP contribution in [0, 0.1) is 19.3 Å². The van der Waals surface area contributed by atoms with Gasteiger partial charge in [0.05, 0.1) is 0 Å². The fourth-order valence-electron chi connectivity index (χ4n) is 1.81. The third-order valence-corrected chi connectivity index (χ3v) is 3.17. The number of carbonyl (C=O) groups excluding carboxylic acids is 1. The summed E-state index contributed by atoms with van der Waals surface area (Å²) >= 11 is 0. The fourth-order valence-corrected chi connectivity index (χ4v) is 1.81. The highest BCUT2D eigenvalue weighted by Crippen LogP contribution is 2.47. The van der Waals surface area contributed by atoms with E-state index in [9.17, 15) is 4.79 Å². The molecule has 0 heterocycles. The van der Waals surface area contributed by atoms with Crippen molar-refractivity contribution >= 4 is 5.78 Å². The van der Waals surface area contributed by atoms with Gasteiger partial charge in [-0.1, -0.05) is 30.7 Å². The molecule has 2 rings (SSSR count). The van der Waals surface area contributed by atoms with Gasteiger partial charge in [0, 0.05) is 11.0 Å². The lowest BCUT2D eigenvalue weighted by atomic mass is 9.93. The third kappa shape index (κ3) is 1.47. The summed E-state index contributed by atoms with van der Waals surface area (Å²) in [4.78, 5) is 12.1. The highest BCUT2D eigenvalue weighted by Gasteiger charge is 2.45. The van der Waals surface area contributed by atoms with Crippen LogP contribution in [0.4, 0.5) is 0 Å². The maximum Gasteiger partial charge on any atom is 0.168 e. The predicted octanol–water partition coefficient (Wildman–Crippen LogP) is 3.29. The van der Waals surface area contributed by atoms with Crippen LogP contribution >= 0.6 is 0 Å². The molecule has 0 saturated heterocycles. The Bertz CT molecular complexity index is 386. The van der Waals surface area contributed by atoms with Crippen molar-refractivity contribution < 1.29 is 4.79 Å². The molecule has 0 aliphatic heterocycles. The number of Topliss-reactive ketones (excluding diaryl/α,β-unsaturated/α-hetero) is 1. The Labute approximate surface area is 85.1 Å². The second kappa shape index (κ2) is 2.94. The van der Waals surface area contributed by atoms with Crippen LogP contribution in [-0.4, -0.2) is 5.78 Å². The number of carbonyl (C=O) groups is 1. The zero-order valence-corrected chi connectivity index (χ0v) is 9.05. The molecular weight excluding hydrogens is 172 g/mol. The van der Waals surface area contributed by atoms with Crippen LogP contribution in [0.2, 0.25) is 0 Å². The molecule has 0 radical (unpaired) electrons. The minimum Gasteiger partial charge on any atom is -0.294 e. The van der Waals surface area contributed by atoms with Gasteiger partial charge in [-0.2, -0.15) is 0 Å². The second-order valence-corrected chi connectivity index (χ2v) is 4.71. The molecule has 1 heteroatoms. The minimum atomic E-state index is -0.0416. The van der Waals surface area contributed by atoms with Crippen LogP contribution in [0.1, 0.15) is 41.3 Å². The lowest BCUT2D eigenvalue weighted by Gasteiger charge is -2.10. The highest BCUT2D eigenvalue weighted by atomic mass is 16.1. The Morgan fingerprint density at radius 3 is 2.43 bits per heavy atom. The van der Waals surface area contributed by atoms with Gasteiger partial charge in [-0.3, -0.25) is 4.79 Å². The number of hydrogen-bond donors (Lipinski definition) is 0. The van der Waals surface area contributed by atoms with Gasteiger partial charge in [-0.25, -0.2) is 0 Å². The van der Waals surface area contributed by atoms with Crippen LogP contribution in [-0.2, 0) is 0 Å². The van der Waals surface area contributed by atoms with Crippen molar-refractivity contribution in [2.75, 3.05) is 0 Å². The average molecular weight is 188 g/mol. The molecule has 1 aliphatic carbocycles. The molecule has 1 nitrogen and oxygen atoms in total. The van der Waals surface area contributed by atoms with E-state index in [1.54, 1.807) is 0 Å². The van der Waals surface area contributed by atoms with E-state index in [0.29, 0.717) is 5.78 Å². The van der Waals surface area contributed by atoms with Crippen molar-refractivity contribution in [1.29, 1.82) is 0 Å². The molecule has 1 aromatic rings. The van der Waals surface area contributed by atoms with Gasteiger partial charge in [0.15, 0.2) is 5.78 Å². The van der Waals surface area contributed by atoms with Crippen molar-refractivity contribution in [3.8, 4) is 0 Å². The molecule has 0 aromatic heterocycles. The molecule has 0 spiro atoms. The topological polar surface area (TPSA) is 17.1 Å².